The molecule has 0 saturated carbocycles. The predicted molar refractivity (Wildman–Crippen MR) is 129 cm³/mol. The molecule has 1 heterocycles. The fraction of sp³-hybridized carbons (Fsp3) is 0.231. The van der Waals surface area contributed by atoms with Gasteiger partial charge < -0.3 is 10.2 Å². The van der Waals surface area contributed by atoms with Crippen molar-refractivity contribution in [3.63, 3.8) is 0 Å². The molecule has 3 aromatic carbocycles. The van der Waals surface area contributed by atoms with Crippen molar-refractivity contribution in [1.82, 2.24) is 14.7 Å². The van der Waals surface area contributed by atoms with Crippen LogP contribution in [0.3, 0.4) is 0 Å². The number of aromatic nitrogens is 2. The third kappa shape index (κ3) is 6.48. The summed E-state index contributed by atoms with van der Waals surface area (Å²) in [5.41, 5.74) is 3.83. The van der Waals surface area contributed by atoms with Gasteiger partial charge in [-0.05, 0) is 23.6 Å². The minimum Gasteiger partial charge on any atom is -0.338 e. The average Bonchev–Trinajstić information content (AvgIpc) is 3.28. The third-order valence-corrected chi connectivity index (χ3v) is 5.96. The molecule has 158 valence electrons. The van der Waals surface area contributed by atoms with Crippen molar-refractivity contribution in [2.24, 2.45) is 0 Å². The lowest BCUT2D eigenvalue weighted by molar-refractivity contribution is 0.536. The SMILES string of the molecule is CC(Cc1nsc(N(Cc2ccccc2)Cc2ccccc2)n1)NCc1ccccc1. The van der Waals surface area contributed by atoms with Gasteiger partial charge >= 0.3 is 0 Å². The summed E-state index contributed by atoms with van der Waals surface area (Å²) in [5, 5.41) is 4.55. The summed E-state index contributed by atoms with van der Waals surface area (Å²) >= 11 is 1.49. The summed E-state index contributed by atoms with van der Waals surface area (Å²) in [6.45, 7) is 4.67. The number of nitrogens with zero attached hydrogens (tertiary/aromatic N) is 3. The van der Waals surface area contributed by atoms with Gasteiger partial charge in [-0.2, -0.15) is 4.37 Å². The lowest BCUT2D eigenvalue weighted by atomic mass is 10.2. The van der Waals surface area contributed by atoms with Crippen LogP contribution in [0.15, 0.2) is 91.0 Å². The quantitative estimate of drug-likeness (QED) is 0.364. The monoisotopic (exact) mass is 428 g/mol. The van der Waals surface area contributed by atoms with Gasteiger partial charge in [0.2, 0.25) is 5.13 Å². The second kappa shape index (κ2) is 10.8. The van der Waals surface area contributed by atoms with Crippen LogP contribution in [0, 0.1) is 0 Å². The van der Waals surface area contributed by atoms with E-state index < -0.39 is 0 Å². The van der Waals surface area contributed by atoms with E-state index >= 15 is 0 Å². The molecule has 1 N–H and O–H groups in total. The first kappa shape index (κ1) is 21.2. The second-order valence-corrected chi connectivity index (χ2v) is 8.52. The lowest BCUT2D eigenvalue weighted by Crippen LogP contribution is -2.28. The molecule has 4 aromatic rings. The van der Waals surface area contributed by atoms with Crippen LogP contribution in [0.5, 0.6) is 0 Å². The van der Waals surface area contributed by atoms with E-state index in [-0.39, 0.29) is 0 Å². The highest BCUT2D eigenvalue weighted by atomic mass is 32.1. The van der Waals surface area contributed by atoms with Crippen LogP contribution in [0.2, 0.25) is 0 Å². The number of benzene rings is 3. The molecule has 0 fully saturated rings. The molecule has 0 aliphatic rings. The molecule has 0 amide bonds. The molecule has 0 radical (unpaired) electrons. The van der Waals surface area contributed by atoms with Crippen molar-refractivity contribution in [2.75, 3.05) is 4.90 Å². The summed E-state index contributed by atoms with van der Waals surface area (Å²) in [6, 6.07) is 31.9. The Labute approximate surface area is 188 Å². The van der Waals surface area contributed by atoms with E-state index in [9.17, 15) is 0 Å². The largest absolute Gasteiger partial charge is 0.338 e. The smallest absolute Gasteiger partial charge is 0.205 e. The number of nitrogens with one attached hydrogen (secondary N) is 1. The first-order valence-corrected chi connectivity index (χ1v) is 11.5. The number of anilines is 1. The van der Waals surface area contributed by atoms with Gasteiger partial charge in [-0.25, -0.2) is 4.98 Å². The maximum absolute atomic E-state index is 4.89. The molecule has 1 atom stereocenters. The number of hydrogen-bond donors (Lipinski definition) is 1. The van der Waals surface area contributed by atoms with Crippen LogP contribution in [0.1, 0.15) is 29.4 Å². The Morgan fingerprint density at radius 2 is 1.29 bits per heavy atom. The molecule has 5 heteroatoms. The normalized spacial score (nSPS) is 11.9. The zero-order valence-corrected chi connectivity index (χ0v) is 18.6. The van der Waals surface area contributed by atoms with Gasteiger partial charge in [0, 0.05) is 43.6 Å². The Morgan fingerprint density at radius 1 is 0.774 bits per heavy atom. The van der Waals surface area contributed by atoms with Crippen LogP contribution >= 0.6 is 11.5 Å². The Balaban J connectivity index is 1.42. The van der Waals surface area contributed by atoms with Gasteiger partial charge in [-0.3, -0.25) is 0 Å². The molecule has 4 rings (SSSR count). The summed E-state index contributed by atoms with van der Waals surface area (Å²) in [5.74, 6) is 0.902. The highest BCUT2D eigenvalue weighted by molar-refractivity contribution is 7.09. The van der Waals surface area contributed by atoms with E-state index in [2.05, 4.69) is 106 Å². The Hall–Kier alpha value is -3.02. The topological polar surface area (TPSA) is 41.1 Å². The van der Waals surface area contributed by atoms with E-state index in [1.807, 2.05) is 6.07 Å². The Bertz CT molecular complexity index is 993. The van der Waals surface area contributed by atoms with Crippen LogP contribution in [0.4, 0.5) is 5.13 Å². The van der Waals surface area contributed by atoms with Gasteiger partial charge in [0.1, 0.15) is 5.82 Å². The first-order valence-electron chi connectivity index (χ1n) is 10.7. The zero-order valence-electron chi connectivity index (χ0n) is 17.8. The summed E-state index contributed by atoms with van der Waals surface area (Å²) in [6.07, 6.45) is 0.813. The van der Waals surface area contributed by atoms with Gasteiger partial charge in [0.15, 0.2) is 0 Å². The minimum absolute atomic E-state index is 0.305. The Kier molecular flexibility index (Phi) is 7.42. The minimum atomic E-state index is 0.305. The fourth-order valence-corrected chi connectivity index (χ4v) is 4.18. The van der Waals surface area contributed by atoms with Crippen molar-refractivity contribution >= 4 is 16.7 Å². The van der Waals surface area contributed by atoms with E-state index in [1.165, 1.54) is 28.2 Å². The van der Waals surface area contributed by atoms with Gasteiger partial charge in [-0.1, -0.05) is 91.0 Å². The maximum atomic E-state index is 4.89. The van der Waals surface area contributed by atoms with Crippen LogP contribution in [-0.4, -0.2) is 15.4 Å². The summed E-state index contributed by atoms with van der Waals surface area (Å²) in [7, 11) is 0. The second-order valence-electron chi connectivity index (χ2n) is 7.79. The third-order valence-electron chi connectivity index (χ3n) is 5.15. The highest BCUT2D eigenvalue weighted by Gasteiger charge is 2.15. The number of hydrogen-bond acceptors (Lipinski definition) is 5. The average molecular weight is 429 g/mol. The number of rotatable bonds is 10. The molecule has 0 bridgehead atoms. The zero-order chi connectivity index (χ0) is 21.3. The van der Waals surface area contributed by atoms with Crippen LogP contribution in [-0.2, 0) is 26.1 Å². The van der Waals surface area contributed by atoms with Crippen molar-refractivity contribution < 1.29 is 0 Å². The molecule has 0 saturated heterocycles. The molecular weight excluding hydrogens is 400 g/mol. The van der Waals surface area contributed by atoms with E-state index in [4.69, 9.17) is 4.98 Å². The van der Waals surface area contributed by atoms with E-state index in [1.54, 1.807) is 0 Å². The van der Waals surface area contributed by atoms with E-state index in [0.29, 0.717) is 6.04 Å². The lowest BCUT2D eigenvalue weighted by Gasteiger charge is -2.21. The molecule has 0 aliphatic heterocycles. The standard InChI is InChI=1S/C26H28N4S/c1-21(27-18-22-11-5-2-6-12-22)17-25-28-26(31-29-25)30(19-23-13-7-3-8-14-23)20-24-15-9-4-10-16-24/h2-16,21,27H,17-20H2,1H3. The summed E-state index contributed by atoms with van der Waals surface area (Å²) < 4.78 is 4.66. The predicted octanol–water partition coefficient (Wildman–Crippen LogP) is 5.47. The van der Waals surface area contributed by atoms with Crippen molar-refractivity contribution in [3.05, 3.63) is 114 Å². The van der Waals surface area contributed by atoms with Gasteiger partial charge in [0.05, 0.1) is 0 Å². The molecular formula is C26H28N4S. The van der Waals surface area contributed by atoms with Crippen molar-refractivity contribution in [1.29, 1.82) is 0 Å². The molecule has 4 nitrogen and oxygen atoms in total. The Morgan fingerprint density at radius 3 is 1.84 bits per heavy atom. The molecule has 0 aliphatic carbocycles. The molecule has 0 spiro atoms. The van der Waals surface area contributed by atoms with Crippen LogP contribution < -0.4 is 10.2 Å². The molecule has 31 heavy (non-hydrogen) atoms. The van der Waals surface area contributed by atoms with Crippen molar-refractivity contribution in [3.8, 4) is 0 Å². The van der Waals surface area contributed by atoms with Gasteiger partial charge in [0.25, 0.3) is 0 Å². The summed E-state index contributed by atoms with van der Waals surface area (Å²) in [4.78, 5) is 7.20. The van der Waals surface area contributed by atoms with Crippen molar-refractivity contribution in [2.45, 2.75) is 39.0 Å². The van der Waals surface area contributed by atoms with Crippen LogP contribution in [0.25, 0.3) is 0 Å². The fourth-order valence-electron chi connectivity index (χ4n) is 3.49. The molecule has 1 unspecified atom stereocenters. The highest BCUT2D eigenvalue weighted by Crippen LogP contribution is 2.23. The van der Waals surface area contributed by atoms with E-state index in [0.717, 1.165) is 37.0 Å². The van der Waals surface area contributed by atoms with Gasteiger partial charge in [-0.15, -0.1) is 0 Å². The maximum Gasteiger partial charge on any atom is 0.205 e. The molecule has 1 aromatic heterocycles. The first-order chi connectivity index (χ1) is 15.3.